The van der Waals surface area contributed by atoms with Crippen LogP contribution >= 0.6 is 0 Å². The number of aryl methyl sites for hydroxylation is 1. The number of aromatic nitrogens is 1. The zero-order chi connectivity index (χ0) is 11.8. The van der Waals surface area contributed by atoms with Crippen molar-refractivity contribution in [3.63, 3.8) is 0 Å². The van der Waals surface area contributed by atoms with Crippen molar-refractivity contribution in [2.45, 2.75) is 32.3 Å². The van der Waals surface area contributed by atoms with Crippen LogP contribution in [0.5, 0.6) is 5.75 Å². The fourth-order valence-electron chi connectivity index (χ4n) is 2.70. The van der Waals surface area contributed by atoms with Gasteiger partial charge in [0.15, 0.2) is 0 Å². The molecule has 1 heterocycles. The molecule has 1 aliphatic carbocycles. The van der Waals surface area contributed by atoms with Crippen LogP contribution in [-0.4, -0.2) is 16.7 Å². The van der Waals surface area contributed by atoms with Crippen LogP contribution in [0.1, 0.15) is 37.1 Å². The van der Waals surface area contributed by atoms with Crippen LogP contribution in [0.3, 0.4) is 0 Å². The third-order valence-corrected chi connectivity index (χ3v) is 3.44. The summed E-state index contributed by atoms with van der Waals surface area (Å²) in [5, 5.41) is 11.2. The van der Waals surface area contributed by atoms with E-state index in [0.29, 0.717) is 6.61 Å². The molecule has 0 fully saturated rings. The number of aromatic amines is 1. The first-order valence-electron chi connectivity index (χ1n) is 6.25. The molecule has 17 heavy (non-hydrogen) atoms. The summed E-state index contributed by atoms with van der Waals surface area (Å²) in [4.78, 5) is 3.40. The van der Waals surface area contributed by atoms with E-state index in [-0.39, 0.29) is 6.10 Å². The molecular weight excluding hydrogens is 214 g/mol. The molecule has 1 atom stereocenters. The Labute approximate surface area is 100 Å². The lowest BCUT2D eigenvalue weighted by molar-refractivity contribution is 0.158. The summed E-state index contributed by atoms with van der Waals surface area (Å²) >= 11 is 0. The minimum atomic E-state index is -0.329. The summed E-state index contributed by atoms with van der Waals surface area (Å²) < 4.78 is 5.51. The fourth-order valence-corrected chi connectivity index (χ4v) is 2.70. The van der Waals surface area contributed by atoms with Crippen molar-refractivity contribution in [1.29, 1.82) is 0 Å². The number of fused-ring (bicyclic) bond motifs is 3. The summed E-state index contributed by atoms with van der Waals surface area (Å²) in [5.74, 6) is 0.875. The van der Waals surface area contributed by atoms with Gasteiger partial charge in [-0.2, -0.15) is 0 Å². The number of H-pyrrole nitrogens is 1. The van der Waals surface area contributed by atoms with Crippen molar-refractivity contribution in [3.8, 4) is 5.75 Å². The predicted octanol–water partition coefficient (Wildman–Crippen LogP) is 2.94. The zero-order valence-corrected chi connectivity index (χ0v) is 9.99. The molecule has 0 bridgehead atoms. The van der Waals surface area contributed by atoms with Gasteiger partial charge >= 0.3 is 0 Å². The van der Waals surface area contributed by atoms with E-state index in [1.54, 1.807) is 0 Å². The molecular formula is C14H17NO2. The number of nitrogens with one attached hydrogen (secondary N) is 1. The molecule has 0 saturated heterocycles. The molecule has 1 aromatic heterocycles. The van der Waals surface area contributed by atoms with Crippen LogP contribution in [0, 0.1) is 0 Å². The standard InChI is InChI=1S/C14H17NO2/c1-2-17-9-6-7-11-10(8-9)14-12(15-11)4-3-5-13(14)16/h6-8,13,15-16H,2-5H2,1H3. The van der Waals surface area contributed by atoms with Crippen molar-refractivity contribution >= 4 is 10.9 Å². The van der Waals surface area contributed by atoms with E-state index >= 15 is 0 Å². The summed E-state index contributed by atoms with van der Waals surface area (Å²) in [7, 11) is 0. The Morgan fingerprint density at radius 2 is 2.35 bits per heavy atom. The first-order chi connectivity index (χ1) is 8.29. The number of rotatable bonds is 2. The van der Waals surface area contributed by atoms with Crippen molar-refractivity contribution in [3.05, 3.63) is 29.5 Å². The fraction of sp³-hybridized carbons (Fsp3) is 0.429. The Balaban J connectivity index is 2.17. The molecule has 3 heteroatoms. The highest BCUT2D eigenvalue weighted by molar-refractivity contribution is 5.86. The Kier molecular flexibility index (Phi) is 2.56. The number of hydrogen-bond donors (Lipinski definition) is 2. The molecule has 90 valence electrons. The summed E-state index contributed by atoms with van der Waals surface area (Å²) in [6, 6.07) is 6.04. The Morgan fingerprint density at radius 1 is 1.47 bits per heavy atom. The van der Waals surface area contributed by atoms with Crippen molar-refractivity contribution in [1.82, 2.24) is 4.98 Å². The molecule has 0 saturated carbocycles. The van der Waals surface area contributed by atoms with Gasteiger partial charge < -0.3 is 14.8 Å². The molecule has 0 spiro atoms. The number of aliphatic hydroxyl groups is 1. The van der Waals surface area contributed by atoms with Gasteiger partial charge in [-0.15, -0.1) is 0 Å². The lowest BCUT2D eigenvalue weighted by atomic mass is 9.93. The van der Waals surface area contributed by atoms with E-state index in [9.17, 15) is 5.11 Å². The summed E-state index contributed by atoms with van der Waals surface area (Å²) in [6.45, 7) is 2.65. The van der Waals surface area contributed by atoms with Crippen LogP contribution in [0.2, 0.25) is 0 Å². The topological polar surface area (TPSA) is 45.2 Å². The second-order valence-electron chi connectivity index (χ2n) is 4.57. The Hall–Kier alpha value is -1.48. The van der Waals surface area contributed by atoms with Crippen molar-refractivity contribution < 1.29 is 9.84 Å². The maximum Gasteiger partial charge on any atom is 0.120 e. The largest absolute Gasteiger partial charge is 0.494 e. The van der Waals surface area contributed by atoms with Gasteiger partial charge in [0.05, 0.1) is 12.7 Å². The van der Waals surface area contributed by atoms with Gasteiger partial charge in [-0.25, -0.2) is 0 Å². The van der Waals surface area contributed by atoms with Gasteiger partial charge in [0.2, 0.25) is 0 Å². The molecule has 0 amide bonds. The molecule has 2 N–H and O–H groups in total. The predicted molar refractivity (Wildman–Crippen MR) is 67.4 cm³/mol. The highest BCUT2D eigenvalue weighted by Crippen LogP contribution is 2.36. The Morgan fingerprint density at radius 3 is 3.18 bits per heavy atom. The van der Waals surface area contributed by atoms with E-state index in [4.69, 9.17) is 4.74 Å². The summed E-state index contributed by atoms with van der Waals surface area (Å²) in [5.41, 5.74) is 3.36. The second-order valence-corrected chi connectivity index (χ2v) is 4.57. The molecule has 3 nitrogen and oxygen atoms in total. The van der Waals surface area contributed by atoms with Gasteiger partial charge in [-0.05, 0) is 44.4 Å². The maximum absolute atomic E-state index is 10.1. The van der Waals surface area contributed by atoms with Gasteiger partial charge in [0, 0.05) is 22.2 Å². The average Bonchev–Trinajstić information content (AvgIpc) is 2.68. The number of aliphatic hydroxyl groups excluding tert-OH is 1. The van der Waals surface area contributed by atoms with E-state index in [1.165, 1.54) is 5.69 Å². The number of ether oxygens (including phenoxy) is 1. The van der Waals surface area contributed by atoms with Gasteiger partial charge in [0.1, 0.15) is 5.75 Å². The molecule has 3 rings (SSSR count). The third-order valence-electron chi connectivity index (χ3n) is 3.44. The highest BCUT2D eigenvalue weighted by atomic mass is 16.5. The average molecular weight is 231 g/mol. The highest BCUT2D eigenvalue weighted by Gasteiger charge is 2.22. The van der Waals surface area contributed by atoms with Crippen LogP contribution in [0.25, 0.3) is 10.9 Å². The maximum atomic E-state index is 10.1. The quantitative estimate of drug-likeness (QED) is 0.834. The zero-order valence-electron chi connectivity index (χ0n) is 9.99. The summed E-state index contributed by atoms with van der Waals surface area (Å²) in [6.07, 6.45) is 2.62. The minimum Gasteiger partial charge on any atom is -0.494 e. The second kappa shape index (κ2) is 4.08. The van der Waals surface area contributed by atoms with Crippen LogP contribution in [0.4, 0.5) is 0 Å². The molecule has 1 aromatic carbocycles. The number of benzene rings is 1. The normalized spacial score (nSPS) is 19.3. The molecule has 0 aliphatic heterocycles. The van der Waals surface area contributed by atoms with E-state index in [0.717, 1.165) is 41.5 Å². The van der Waals surface area contributed by atoms with Crippen LogP contribution < -0.4 is 4.74 Å². The Bertz CT molecular complexity index is 544. The molecule has 1 unspecified atom stereocenters. The minimum absolute atomic E-state index is 0.329. The lowest BCUT2D eigenvalue weighted by Crippen LogP contribution is -2.07. The van der Waals surface area contributed by atoms with Crippen LogP contribution in [-0.2, 0) is 6.42 Å². The smallest absolute Gasteiger partial charge is 0.120 e. The molecule has 0 radical (unpaired) electrons. The first-order valence-corrected chi connectivity index (χ1v) is 6.25. The van der Waals surface area contributed by atoms with Gasteiger partial charge in [-0.3, -0.25) is 0 Å². The third kappa shape index (κ3) is 1.71. The molecule has 2 aromatic rings. The van der Waals surface area contributed by atoms with E-state index in [2.05, 4.69) is 4.98 Å². The number of hydrogen-bond acceptors (Lipinski definition) is 2. The van der Waals surface area contributed by atoms with E-state index in [1.807, 2.05) is 25.1 Å². The van der Waals surface area contributed by atoms with Gasteiger partial charge in [0.25, 0.3) is 0 Å². The van der Waals surface area contributed by atoms with Crippen LogP contribution in [0.15, 0.2) is 18.2 Å². The monoisotopic (exact) mass is 231 g/mol. The van der Waals surface area contributed by atoms with Gasteiger partial charge in [-0.1, -0.05) is 0 Å². The first kappa shape index (κ1) is 10.7. The lowest BCUT2D eigenvalue weighted by Gasteiger charge is -2.17. The van der Waals surface area contributed by atoms with E-state index < -0.39 is 0 Å². The molecule has 1 aliphatic rings. The van der Waals surface area contributed by atoms with Crippen molar-refractivity contribution in [2.24, 2.45) is 0 Å². The van der Waals surface area contributed by atoms with Crippen molar-refractivity contribution in [2.75, 3.05) is 6.61 Å². The SMILES string of the molecule is CCOc1ccc2[nH]c3c(c2c1)C(O)CCC3.